The molecule has 6 nitrogen and oxygen atoms in total. The molecule has 3 aromatic rings. The third-order valence-corrected chi connectivity index (χ3v) is 3.91. The van der Waals surface area contributed by atoms with Crippen LogP contribution in [0.4, 0.5) is 0 Å². The van der Waals surface area contributed by atoms with E-state index in [-0.39, 0.29) is 5.91 Å². The number of benzene rings is 2. The van der Waals surface area contributed by atoms with Crippen molar-refractivity contribution in [1.82, 2.24) is 25.1 Å². The molecule has 0 bridgehead atoms. The summed E-state index contributed by atoms with van der Waals surface area (Å²) < 4.78 is 1.51. The molecule has 1 heterocycles. The molecule has 0 saturated carbocycles. The molecule has 122 valence electrons. The number of likely N-dealkylation sites (N-methyl/N-ethyl adjacent to an activating group) is 1. The lowest BCUT2D eigenvalue weighted by atomic mass is 10.1. The molecule has 0 aliphatic rings. The third kappa shape index (κ3) is 3.48. The zero-order valence-electron chi connectivity index (χ0n) is 13.5. The Kier molecular flexibility index (Phi) is 4.96. The molecular weight excluding hydrogens is 302 g/mol. The van der Waals surface area contributed by atoms with Crippen molar-refractivity contribution in [3.05, 3.63) is 72.1 Å². The number of tetrazole rings is 1. The van der Waals surface area contributed by atoms with Gasteiger partial charge in [-0.15, -0.1) is 5.10 Å². The summed E-state index contributed by atoms with van der Waals surface area (Å²) in [6, 6.07) is 17.6. The fourth-order valence-corrected chi connectivity index (χ4v) is 2.61. The van der Waals surface area contributed by atoms with E-state index >= 15 is 0 Å². The lowest BCUT2D eigenvalue weighted by Gasteiger charge is -2.22. The minimum absolute atomic E-state index is 0.0143. The Hall–Kier alpha value is -3.02. The Balaban J connectivity index is 1.79. The number of nitrogens with zero attached hydrogens (tertiary/aromatic N) is 5. The molecule has 0 aliphatic carbocycles. The first-order valence-corrected chi connectivity index (χ1v) is 7.95. The van der Waals surface area contributed by atoms with Crippen molar-refractivity contribution in [3.63, 3.8) is 0 Å². The highest BCUT2D eigenvalue weighted by molar-refractivity contribution is 5.97. The van der Waals surface area contributed by atoms with Gasteiger partial charge in [0.25, 0.3) is 5.91 Å². The van der Waals surface area contributed by atoms with Crippen LogP contribution in [0.15, 0.2) is 60.9 Å². The maximum absolute atomic E-state index is 13.0. The van der Waals surface area contributed by atoms with Crippen LogP contribution in [0.2, 0.25) is 0 Å². The largest absolute Gasteiger partial charge is 0.339 e. The first-order chi connectivity index (χ1) is 11.8. The average Bonchev–Trinajstić information content (AvgIpc) is 3.17. The maximum atomic E-state index is 13.0. The summed E-state index contributed by atoms with van der Waals surface area (Å²) in [7, 11) is 0. The van der Waals surface area contributed by atoms with Crippen LogP contribution in [0, 0.1) is 0 Å². The van der Waals surface area contributed by atoms with Gasteiger partial charge in [0.15, 0.2) is 0 Å². The summed E-state index contributed by atoms with van der Waals surface area (Å²) in [5.74, 6) is -0.0143. The molecule has 0 radical (unpaired) electrons. The normalized spacial score (nSPS) is 10.5. The zero-order valence-corrected chi connectivity index (χ0v) is 13.5. The standard InChI is InChI=1S/C18H19N5O/c1-2-22(13-12-15-8-4-3-5-9-15)18(24)16-10-6-7-11-17(16)23-14-19-20-21-23/h3-11,14H,2,12-13H2,1H3. The molecule has 24 heavy (non-hydrogen) atoms. The van der Waals surface area contributed by atoms with Gasteiger partial charge in [-0.3, -0.25) is 4.79 Å². The summed E-state index contributed by atoms with van der Waals surface area (Å²) in [6.45, 7) is 3.31. The SMILES string of the molecule is CCN(CCc1ccccc1)C(=O)c1ccccc1-n1cnnn1. The Labute approximate surface area is 140 Å². The van der Waals surface area contributed by atoms with Gasteiger partial charge in [-0.05, 0) is 41.5 Å². The lowest BCUT2D eigenvalue weighted by Crippen LogP contribution is -2.33. The summed E-state index contributed by atoms with van der Waals surface area (Å²) in [4.78, 5) is 14.8. The highest BCUT2D eigenvalue weighted by Gasteiger charge is 2.18. The van der Waals surface area contributed by atoms with E-state index in [9.17, 15) is 4.79 Å². The molecule has 0 saturated heterocycles. The van der Waals surface area contributed by atoms with Crippen molar-refractivity contribution in [2.45, 2.75) is 13.3 Å². The number of para-hydroxylation sites is 1. The van der Waals surface area contributed by atoms with E-state index in [0.717, 1.165) is 6.42 Å². The Morgan fingerprint density at radius 3 is 2.54 bits per heavy atom. The molecule has 0 unspecified atom stereocenters. The summed E-state index contributed by atoms with van der Waals surface area (Å²) in [5.41, 5.74) is 2.50. The fourth-order valence-electron chi connectivity index (χ4n) is 2.61. The van der Waals surface area contributed by atoms with E-state index < -0.39 is 0 Å². The van der Waals surface area contributed by atoms with Gasteiger partial charge in [-0.2, -0.15) is 4.68 Å². The second-order valence-electron chi connectivity index (χ2n) is 5.39. The molecule has 0 fully saturated rings. The minimum atomic E-state index is -0.0143. The van der Waals surface area contributed by atoms with Gasteiger partial charge in [-0.1, -0.05) is 42.5 Å². The van der Waals surface area contributed by atoms with E-state index in [1.807, 2.05) is 54.3 Å². The van der Waals surface area contributed by atoms with Crippen molar-refractivity contribution in [3.8, 4) is 5.69 Å². The van der Waals surface area contributed by atoms with Gasteiger partial charge >= 0.3 is 0 Å². The number of carbonyl (C=O) groups is 1. The predicted octanol–water partition coefficient (Wildman–Crippen LogP) is 2.37. The van der Waals surface area contributed by atoms with E-state index in [4.69, 9.17) is 0 Å². The van der Waals surface area contributed by atoms with Crippen LogP contribution < -0.4 is 0 Å². The Morgan fingerprint density at radius 2 is 1.83 bits per heavy atom. The fraction of sp³-hybridized carbons (Fsp3) is 0.222. The van der Waals surface area contributed by atoms with Crippen LogP contribution in [-0.4, -0.2) is 44.1 Å². The van der Waals surface area contributed by atoms with Gasteiger partial charge in [0, 0.05) is 13.1 Å². The summed E-state index contributed by atoms with van der Waals surface area (Å²) in [5, 5.41) is 11.2. The van der Waals surface area contributed by atoms with Gasteiger partial charge < -0.3 is 4.90 Å². The van der Waals surface area contributed by atoms with Gasteiger partial charge in [0.2, 0.25) is 0 Å². The van der Waals surface area contributed by atoms with Crippen LogP contribution in [-0.2, 0) is 6.42 Å². The number of aromatic nitrogens is 4. The first kappa shape index (κ1) is 15.9. The zero-order chi connectivity index (χ0) is 16.8. The van der Waals surface area contributed by atoms with Crippen LogP contribution in [0.3, 0.4) is 0 Å². The molecule has 0 aliphatic heterocycles. The maximum Gasteiger partial charge on any atom is 0.256 e. The highest BCUT2D eigenvalue weighted by Crippen LogP contribution is 2.15. The number of rotatable bonds is 6. The molecule has 0 spiro atoms. The monoisotopic (exact) mass is 321 g/mol. The molecule has 3 rings (SSSR count). The van der Waals surface area contributed by atoms with Crippen LogP contribution in [0.5, 0.6) is 0 Å². The van der Waals surface area contributed by atoms with Crippen molar-refractivity contribution in [1.29, 1.82) is 0 Å². The van der Waals surface area contributed by atoms with Gasteiger partial charge in [-0.25, -0.2) is 0 Å². The second-order valence-corrected chi connectivity index (χ2v) is 5.39. The minimum Gasteiger partial charge on any atom is -0.339 e. The summed E-state index contributed by atoms with van der Waals surface area (Å²) >= 11 is 0. The van der Waals surface area contributed by atoms with E-state index in [1.165, 1.54) is 16.6 Å². The lowest BCUT2D eigenvalue weighted by molar-refractivity contribution is 0.0766. The van der Waals surface area contributed by atoms with E-state index in [1.54, 1.807) is 0 Å². The molecule has 1 amide bonds. The number of hydrogen-bond donors (Lipinski definition) is 0. The van der Waals surface area contributed by atoms with Crippen LogP contribution in [0.1, 0.15) is 22.8 Å². The molecule has 0 atom stereocenters. The third-order valence-electron chi connectivity index (χ3n) is 3.91. The molecule has 2 aromatic carbocycles. The van der Waals surface area contributed by atoms with Crippen molar-refractivity contribution >= 4 is 5.91 Å². The molecule has 6 heteroatoms. The smallest absolute Gasteiger partial charge is 0.256 e. The van der Waals surface area contributed by atoms with Crippen molar-refractivity contribution < 1.29 is 4.79 Å². The van der Waals surface area contributed by atoms with Crippen molar-refractivity contribution in [2.75, 3.05) is 13.1 Å². The molecular formula is C18H19N5O. The number of hydrogen-bond acceptors (Lipinski definition) is 4. The Bertz CT molecular complexity index is 786. The second kappa shape index (κ2) is 7.50. The number of amides is 1. The molecule has 1 aromatic heterocycles. The van der Waals surface area contributed by atoms with Gasteiger partial charge in [0.1, 0.15) is 6.33 Å². The average molecular weight is 321 g/mol. The van der Waals surface area contributed by atoms with E-state index in [2.05, 4.69) is 27.7 Å². The van der Waals surface area contributed by atoms with Gasteiger partial charge in [0.05, 0.1) is 11.3 Å². The Morgan fingerprint density at radius 1 is 1.08 bits per heavy atom. The van der Waals surface area contributed by atoms with Crippen LogP contribution >= 0.6 is 0 Å². The summed E-state index contributed by atoms with van der Waals surface area (Å²) in [6.07, 6.45) is 2.32. The first-order valence-electron chi connectivity index (χ1n) is 7.95. The number of carbonyl (C=O) groups excluding carboxylic acids is 1. The van der Waals surface area contributed by atoms with Crippen molar-refractivity contribution in [2.24, 2.45) is 0 Å². The quantitative estimate of drug-likeness (QED) is 0.699. The van der Waals surface area contributed by atoms with Crippen LogP contribution in [0.25, 0.3) is 5.69 Å². The topological polar surface area (TPSA) is 63.9 Å². The predicted molar refractivity (Wildman–Crippen MR) is 90.9 cm³/mol. The highest BCUT2D eigenvalue weighted by atomic mass is 16.2. The van der Waals surface area contributed by atoms with E-state index in [0.29, 0.717) is 24.3 Å². The molecule has 0 N–H and O–H groups in total.